The maximum atomic E-state index is 9.35. The molecule has 0 fully saturated rings. The van der Waals surface area contributed by atoms with Crippen LogP contribution in [0.3, 0.4) is 0 Å². The van der Waals surface area contributed by atoms with E-state index in [-0.39, 0.29) is 11.2 Å². The third-order valence-electron chi connectivity index (χ3n) is 2.07. The molecule has 1 aromatic carbocycles. The van der Waals surface area contributed by atoms with E-state index in [0.29, 0.717) is 6.61 Å². The normalized spacial score (nSPS) is 11.4. The van der Waals surface area contributed by atoms with Crippen molar-refractivity contribution in [2.45, 2.75) is 33.1 Å². The lowest BCUT2D eigenvalue weighted by Gasteiger charge is -2.22. The van der Waals surface area contributed by atoms with Gasteiger partial charge in [-0.1, -0.05) is 26.8 Å². The Kier molecular flexibility index (Phi) is 3.04. The van der Waals surface area contributed by atoms with Crippen LogP contribution in [0, 0.1) is 0 Å². The van der Waals surface area contributed by atoms with Crippen LogP contribution < -0.4 is 4.74 Å². The first-order valence-corrected chi connectivity index (χ1v) is 4.91. The van der Waals surface area contributed by atoms with E-state index in [1.54, 1.807) is 12.1 Å². The molecular weight excluding hydrogens is 176 g/mol. The van der Waals surface area contributed by atoms with Crippen molar-refractivity contribution in [2.75, 3.05) is 6.61 Å². The summed E-state index contributed by atoms with van der Waals surface area (Å²) in [5.74, 6) is 1.03. The lowest BCUT2D eigenvalue weighted by Crippen LogP contribution is -2.13. The zero-order valence-electron chi connectivity index (χ0n) is 9.29. The van der Waals surface area contributed by atoms with Gasteiger partial charge in [0.25, 0.3) is 0 Å². The van der Waals surface area contributed by atoms with E-state index in [4.69, 9.17) is 4.74 Å². The van der Waals surface area contributed by atoms with Gasteiger partial charge in [-0.15, -0.1) is 0 Å². The highest BCUT2D eigenvalue weighted by Crippen LogP contribution is 2.33. The van der Waals surface area contributed by atoms with Gasteiger partial charge in [-0.25, -0.2) is 0 Å². The molecule has 2 nitrogen and oxygen atoms in total. The Balaban J connectivity index is 3.15. The van der Waals surface area contributed by atoms with Gasteiger partial charge >= 0.3 is 0 Å². The number of phenolic OH excluding ortho intramolecular Hbond substituents is 1. The van der Waals surface area contributed by atoms with Crippen molar-refractivity contribution in [2.24, 2.45) is 0 Å². The van der Waals surface area contributed by atoms with Gasteiger partial charge in [0, 0.05) is 6.07 Å². The monoisotopic (exact) mass is 194 g/mol. The summed E-state index contributed by atoms with van der Waals surface area (Å²) < 4.78 is 5.48. The molecule has 0 radical (unpaired) electrons. The zero-order valence-corrected chi connectivity index (χ0v) is 9.29. The summed E-state index contributed by atoms with van der Waals surface area (Å²) in [4.78, 5) is 0. The van der Waals surface area contributed by atoms with E-state index in [1.165, 1.54) is 0 Å². The Labute approximate surface area is 85.5 Å². The van der Waals surface area contributed by atoms with Crippen LogP contribution in [0.25, 0.3) is 0 Å². The number of aromatic hydroxyl groups is 1. The minimum Gasteiger partial charge on any atom is -0.508 e. The van der Waals surface area contributed by atoms with Crippen LogP contribution in [0.15, 0.2) is 18.2 Å². The topological polar surface area (TPSA) is 29.5 Å². The van der Waals surface area contributed by atoms with Gasteiger partial charge in [0.1, 0.15) is 11.5 Å². The molecular formula is C12H18O2. The Bertz CT molecular complexity index is 311. The first kappa shape index (κ1) is 10.9. The highest BCUT2D eigenvalue weighted by atomic mass is 16.5. The lowest BCUT2D eigenvalue weighted by molar-refractivity contribution is 0.327. The average molecular weight is 194 g/mol. The van der Waals surface area contributed by atoms with Crippen molar-refractivity contribution in [1.82, 2.24) is 0 Å². The van der Waals surface area contributed by atoms with Crippen LogP contribution in [-0.4, -0.2) is 11.7 Å². The third kappa shape index (κ3) is 2.41. The fourth-order valence-electron chi connectivity index (χ4n) is 1.41. The second kappa shape index (κ2) is 3.91. The summed E-state index contributed by atoms with van der Waals surface area (Å²) >= 11 is 0. The molecule has 0 saturated carbocycles. The van der Waals surface area contributed by atoms with Gasteiger partial charge in [-0.2, -0.15) is 0 Å². The molecule has 1 aromatic rings. The number of ether oxygens (including phenoxy) is 1. The van der Waals surface area contributed by atoms with E-state index < -0.39 is 0 Å². The minimum atomic E-state index is 0.0399. The maximum Gasteiger partial charge on any atom is 0.126 e. The van der Waals surface area contributed by atoms with Gasteiger partial charge in [-0.05, 0) is 24.0 Å². The Morgan fingerprint density at radius 1 is 1.29 bits per heavy atom. The molecule has 0 heterocycles. The van der Waals surface area contributed by atoms with Crippen molar-refractivity contribution in [3.05, 3.63) is 23.8 Å². The number of hydrogen-bond acceptors (Lipinski definition) is 2. The predicted molar refractivity (Wildman–Crippen MR) is 58.0 cm³/mol. The van der Waals surface area contributed by atoms with Gasteiger partial charge in [0.15, 0.2) is 0 Å². The fourth-order valence-corrected chi connectivity index (χ4v) is 1.41. The molecule has 14 heavy (non-hydrogen) atoms. The summed E-state index contributed by atoms with van der Waals surface area (Å²) in [6.07, 6.45) is 0. The molecule has 0 unspecified atom stereocenters. The molecule has 0 spiro atoms. The Hall–Kier alpha value is -1.18. The molecule has 2 heteroatoms. The van der Waals surface area contributed by atoms with Gasteiger partial charge < -0.3 is 9.84 Å². The largest absolute Gasteiger partial charge is 0.508 e. The maximum absolute atomic E-state index is 9.35. The van der Waals surface area contributed by atoms with Crippen LogP contribution in [0.5, 0.6) is 11.5 Å². The molecule has 0 amide bonds. The average Bonchev–Trinajstić information content (AvgIpc) is 2.02. The van der Waals surface area contributed by atoms with Gasteiger partial charge in [0.05, 0.1) is 6.61 Å². The van der Waals surface area contributed by atoms with E-state index in [0.717, 1.165) is 11.3 Å². The Morgan fingerprint density at radius 2 is 1.93 bits per heavy atom. The van der Waals surface area contributed by atoms with Gasteiger partial charge in [-0.3, -0.25) is 0 Å². The van der Waals surface area contributed by atoms with Crippen LogP contribution in [0.2, 0.25) is 0 Å². The summed E-state index contributed by atoms with van der Waals surface area (Å²) in [7, 11) is 0. The van der Waals surface area contributed by atoms with Crippen LogP contribution in [0.4, 0.5) is 0 Å². The van der Waals surface area contributed by atoms with Crippen molar-refractivity contribution >= 4 is 0 Å². The molecule has 0 aromatic heterocycles. The van der Waals surface area contributed by atoms with E-state index in [1.807, 2.05) is 13.0 Å². The van der Waals surface area contributed by atoms with Crippen LogP contribution in [-0.2, 0) is 5.41 Å². The van der Waals surface area contributed by atoms with Crippen molar-refractivity contribution < 1.29 is 9.84 Å². The molecule has 0 atom stereocenters. The van der Waals surface area contributed by atoms with Gasteiger partial charge in [0.2, 0.25) is 0 Å². The minimum absolute atomic E-state index is 0.0399. The van der Waals surface area contributed by atoms with Crippen LogP contribution in [0.1, 0.15) is 33.3 Å². The summed E-state index contributed by atoms with van der Waals surface area (Å²) in [6.45, 7) is 8.94. The molecule has 78 valence electrons. The van der Waals surface area contributed by atoms with Crippen molar-refractivity contribution in [1.29, 1.82) is 0 Å². The van der Waals surface area contributed by atoms with E-state index >= 15 is 0 Å². The molecule has 0 bridgehead atoms. The zero-order chi connectivity index (χ0) is 10.8. The Morgan fingerprint density at radius 3 is 2.43 bits per heavy atom. The highest BCUT2D eigenvalue weighted by Gasteiger charge is 2.18. The molecule has 1 rings (SSSR count). The number of hydrogen-bond donors (Lipinski definition) is 1. The first-order chi connectivity index (χ1) is 6.45. The molecule has 0 aliphatic carbocycles. The molecule has 0 aliphatic rings. The number of phenols is 1. The quantitative estimate of drug-likeness (QED) is 0.784. The summed E-state index contributed by atoms with van der Waals surface area (Å²) in [5, 5.41) is 9.35. The second-order valence-electron chi connectivity index (χ2n) is 4.36. The number of benzene rings is 1. The predicted octanol–water partition coefficient (Wildman–Crippen LogP) is 3.09. The smallest absolute Gasteiger partial charge is 0.126 e. The summed E-state index contributed by atoms with van der Waals surface area (Å²) in [6, 6.07) is 5.29. The lowest BCUT2D eigenvalue weighted by atomic mass is 9.86. The SMILES string of the molecule is CCOc1cc(O)ccc1C(C)(C)C. The highest BCUT2D eigenvalue weighted by molar-refractivity contribution is 5.43. The second-order valence-corrected chi connectivity index (χ2v) is 4.36. The van der Waals surface area contributed by atoms with Crippen LogP contribution >= 0.6 is 0 Å². The van der Waals surface area contributed by atoms with E-state index in [9.17, 15) is 5.11 Å². The van der Waals surface area contributed by atoms with Crippen molar-refractivity contribution in [3.63, 3.8) is 0 Å². The molecule has 0 aliphatic heterocycles. The molecule has 1 N–H and O–H groups in total. The first-order valence-electron chi connectivity index (χ1n) is 4.91. The third-order valence-corrected chi connectivity index (χ3v) is 2.07. The fraction of sp³-hybridized carbons (Fsp3) is 0.500. The summed E-state index contributed by atoms with van der Waals surface area (Å²) in [5.41, 5.74) is 1.16. The standard InChI is InChI=1S/C12H18O2/c1-5-14-11-8-9(13)6-7-10(11)12(2,3)4/h6-8,13H,5H2,1-4H3. The molecule has 0 saturated heterocycles. The number of rotatable bonds is 2. The van der Waals surface area contributed by atoms with E-state index in [2.05, 4.69) is 20.8 Å². The van der Waals surface area contributed by atoms with Crippen molar-refractivity contribution in [3.8, 4) is 11.5 Å².